The van der Waals surface area contributed by atoms with Gasteiger partial charge in [-0.1, -0.05) is 11.6 Å². The molecule has 0 saturated heterocycles. The lowest BCUT2D eigenvalue weighted by atomic mass is 10.1. The molecule has 0 aliphatic carbocycles. The van der Waals surface area contributed by atoms with Gasteiger partial charge in [0.05, 0.1) is 4.34 Å². The Kier molecular flexibility index (Phi) is 2.93. The monoisotopic (exact) mass is 243 g/mol. The number of nitrogens with two attached hydrogens (primary N) is 1. The average Bonchev–Trinajstić information content (AvgIpc) is 2.71. The lowest BCUT2D eigenvalue weighted by Gasteiger charge is -1.99. The first kappa shape index (κ1) is 10.2. The van der Waals surface area contributed by atoms with E-state index >= 15 is 0 Å². The number of hydrogen-bond acceptors (Lipinski definition) is 3. The maximum atomic E-state index is 5.92. The van der Waals surface area contributed by atoms with Crippen LogP contribution in [0.1, 0.15) is 10.4 Å². The van der Waals surface area contributed by atoms with E-state index in [-0.39, 0.29) is 0 Å². The summed E-state index contributed by atoms with van der Waals surface area (Å²) in [7, 11) is 0. The van der Waals surface area contributed by atoms with Gasteiger partial charge in [0.15, 0.2) is 0 Å². The molecule has 0 saturated carbocycles. The second-order valence-electron chi connectivity index (χ2n) is 3.00. The fraction of sp³-hybridized carbons (Fsp3) is 0.200. The summed E-state index contributed by atoms with van der Waals surface area (Å²) in [5, 5.41) is 2.12. The molecular weight excluding hydrogens is 234 g/mol. The number of halogens is 1. The van der Waals surface area contributed by atoms with Crippen molar-refractivity contribution in [2.75, 3.05) is 0 Å². The SMILES string of the molecule is Cc1scc(CN)c1-c1ccc(Cl)s1. The van der Waals surface area contributed by atoms with Crippen molar-refractivity contribution in [3.8, 4) is 10.4 Å². The lowest BCUT2D eigenvalue weighted by molar-refractivity contribution is 1.08. The molecule has 0 atom stereocenters. The Hall–Kier alpha value is -0.350. The normalized spacial score (nSPS) is 10.8. The van der Waals surface area contributed by atoms with Crippen LogP contribution in [0.25, 0.3) is 10.4 Å². The Morgan fingerprint density at radius 2 is 2.21 bits per heavy atom. The quantitative estimate of drug-likeness (QED) is 0.851. The first-order valence-corrected chi connectivity index (χ1v) is 6.32. The summed E-state index contributed by atoms with van der Waals surface area (Å²) >= 11 is 9.26. The zero-order valence-electron chi connectivity index (χ0n) is 7.71. The summed E-state index contributed by atoms with van der Waals surface area (Å²) in [6.07, 6.45) is 0. The van der Waals surface area contributed by atoms with Crippen LogP contribution in [-0.4, -0.2) is 0 Å². The Morgan fingerprint density at radius 3 is 2.79 bits per heavy atom. The summed E-state index contributed by atoms with van der Waals surface area (Å²) < 4.78 is 0.827. The molecule has 0 radical (unpaired) electrons. The fourth-order valence-electron chi connectivity index (χ4n) is 1.43. The summed E-state index contributed by atoms with van der Waals surface area (Å²) in [6, 6.07) is 3.99. The van der Waals surface area contributed by atoms with Crippen LogP contribution in [0.2, 0.25) is 4.34 Å². The molecule has 0 unspecified atom stereocenters. The fourth-order valence-corrected chi connectivity index (χ4v) is 3.57. The van der Waals surface area contributed by atoms with Gasteiger partial charge in [-0.25, -0.2) is 0 Å². The van der Waals surface area contributed by atoms with Gasteiger partial charge in [-0.2, -0.15) is 0 Å². The maximum Gasteiger partial charge on any atom is 0.0934 e. The summed E-state index contributed by atoms with van der Waals surface area (Å²) in [5.74, 6) is 0. The summed E-state index contributed by atoms with van der Waals surface area (Å²) in [4.78, 5) is 2.53. The van der Waals surface area contributed by atoms with E-state index in [2.05, 4.69) is 18.4 Å². The van der Waals surface area contributed by atoms with Crippen LogP contribution in [0.15, 0.2) is 17.5 Å². The van der Waals surface area contributed by atoms with Gasteiger partial charge in [0.1, 0.15) is 0 Å². The van der Waals surface area contributed by atoms with E-state index in [4.69, 9.17) is 17.3 Å². The summed E-state index contributed by atoms with van der Waals surface area (Å²) in [6.45, 7) is 2.71. The van der Waals surface area contributed by atoms with Crippen molar-refractivity contribution in [3.05, 3.63) is 32.3 Å². The minimum atomic E-state index is 0.592. The number of rotatable bonds is 2. The molecule has 2 aromatic rings. The molecule has 74 valence electrons. The van der Waals surface area contributed by atoms with Gasteiger partial charge < -0.3 is 5.73 Å². The van der Waals surface area contributed by atoms with Gasteiger partial charge in [-0.15, -0.1) is 22.7 Å². The summed E-state index contributed by atoms with van der Waals surface area (Å²) in [5.41, 5.74) is 8.17. The first-order valence-electron chi connectivity index (χ1n) is 4.25. The molecule has 0 fully saturated rings. The van der Waals surface area contributed by atoms with Crippen molar-refractivity contribution in [1.82, 2.24) is 0 Å². The minimum Gasteiger partial charge on any atom is -0.326 e. The largest absolute Gasteiger partial charge is 0.326 e. The third-order valence-corrected chi connectivity index (χ3v) is 4.30. The number of aryl methyl sites for hydroxylation is 1. The van der Waals surface area contributed by atoms with E-state index in [0.717, 1.165) is 4.34 Å². The third-order valence-electron chi connectivity index (χ3n) is 2.09. The van der Waals surface area contributed by atoms with Gasteiger partial charge in [0.25, 0.3) is 0 Å². The Bertz CT molecular complexity index is 445. The van der Waals surface area contributed by atoms with Crippen molar-refractivity contribution in [1.29, 1.82) is 0 Å². The second kappa shape index (κ2) is 4.03. The van der Waals surface area contributed by atoms with Crippen LogP contribution in [0.4, 0.5) is 0 Å². The molecule has 0 aliphatic rings. The molecule has 2 rings (SSSR count). The number of hydrogen-bond donors (Lipinski definition) is 1. The van der Waals surface area contributed by atoms with Gasteiger partial charge in [-0.3, -0.25) is 0 Å². The Morgan fingerprint density at radius 1 is 1.43 bits per heavy atom. The molecule has 1 nitrogen and oxygen atoms in total. The van der Waals surface area contributed by atoms with Crippen LogP contribution in [-0.2, 0) is 6.54 Å². The molecule has 14 heavy (non-hydrogen) atoms. The van der Waals surface area contributed by atoms with Gasteiger partial charge >= 0.3 is 0 Å². The minimum absolute atomic E-state index is 0.592. The zero-order chi connectivity index (χ0) is 10.1. The Labute approximate surface area is 96.1 Å². The van der Waals surface area contributed by atoms with E-state index in [0.29, 0.717) is 6.54 Å². The highest BCUT2D eigenvalue weighted by Gasteiger charge is 2.11. The van der Waals surface area contributed by atoms with Crippen molar-refractivity contribution in [2.24, 2.45) is 5.73 Å². The standard InChI is InChI=1S/C10H10ClNS2/c1-6-10(7(4-12)5-13-6)8-2-3-9(11)14-8/h2-3,5H,4,12H2,1H3. The molecule has 0 amide bonds. The highest BCUT2D eigenvalue weighted by atomic mass is 35.5. The molecule has 4 heteroatoms. The molecule has 0 aliphatic heterocycles. The third kappa shape index (κ3) is 1.73. The van der Waals surface area contributed by atoms with E-state index in [1.807, 2.05) is 6.07 Å². The molecular formula is C10H10ClNS2. The molecule has 2 aromatic heterocycles. The van der Waals surface area contributed by atoms with Crippen LogP contribution < -0.4 is 5.73 Å². The van der Waals surface area contributed by atoms with Crippen molar-refractivity contribution >= 4 is 34.3 Å². The van der Waals surface area contributed by atoms with E-state index in [1.54, 1.807) is 22.7 Å². The predicted molar refractivity (Wildman–Crippen MR) is 65.3 cm³/mol. The molecule has 2 heterocycles. The topological polar surface area (TPSA) is 26.0 Å². The van der Waals surface area contributed by atoms with Crippen LogP contribution in [0.3, 0.4) is 0 Å². The maximum absolute atomic E-state index is 5.92. The van der Waals surface area contributed by atoms with Crippen LogP contribution in [0, 0.1) is 6.92 Å². The Balaban J connectivity index is 2.54. The van der Waals surface area contributed by atoms with E-state index < -0.39 is 0 Å². The van der Waals surface area contributed by atoms with Gasteiger partial charge in [0, 0.05) is 21.9 Å². The van der Waals surface area contributed by atoms with E-state index in [1.165, 1.54) is 20.9 Å². The van der Waals surface area contributed by atoms with Gasteiger partial charge in [0.2, 0.25) is 0 Å². The molecule has 2 N–H and O–H groups in total. The first-order chi connectivity index (χ1) is 6.72. The predicted octanol–water partition coefficient (Wildman–Crippen LogP) is 3.90. The van der Waals surface area contributed by atoms with Gasteiger partial charge in [-0.05, 0) is 30.0 Å². The smallest absolute Gasteiger partial charge is 0.0934 e. The van der Waals surface area contributed by atoms with Crippen molar-refractivity contribution in [3.63, 3.8) is 0 Å². The van der Waals surface area contributed by atoms with Crippen molar-refractivity contribution in [2.45, 2.75) is 13.5 Å². The highest BCUT2D eigenvalue weighted by molar-refractivity contribution is 7.19. The lowest BCUT2D eigenvalue weighted by Crippen LogP contribution is -1.95. The average molecular weight is 244 g/mol. The zero-order valence-corrected chi connectivity index (χ0v) is 10.1. The van der Waals surface area contributed by atoms with E-state index in [9.17, 15) is 0 Å². The number of thiophene rings is 2. The van der Waals surface area contributed by atoms with Crippen molar-refractivity contribution < 1.29 is 0 Å². The molecule has 0 bridgehead atoms. The second-order valence-corrected chi connectivity index (χ2v) is 5.80. The van der Waals surface area contributed by atoms with Crippen LogP contribution in [0.5, 0.6) is 0 Å². The highest BCUT2D eigenvalue weighted by Crippen LogP contribution is 2.37. The molecule has 0 aromatic carbocycles. The van der Waals surface area contributed by atoms with Crippen LogP contribution >= 0.6 is 34.3 Å². The molecule has 0 spiro atoms.